The van der Waals surface area contributed by atoms with Crippen LogP contribution >= 0.6 is 0 Å². The molecule has 0 fully saturated rings. The molecule has 0 bridgehead atoms. The predicted molar refractivity (Wildman–Crippen MR) is 58.0 cm³/mol. The number of rotatable bonds is 8. The molecule has 1 atom stereocenters. The van der Waals surface area contributed by atoms with Crippen LogP contribution in [0, 0.1) is 5.92 Å². The maximum absolute atomic E-state index is 11.5. The molecule has 0 amide bonds. The minimum atomic E-state index is -2.91. The molecule has 4 nitrogen and oxygen atoms in total. The molecule has 0 saturated carbocycles. The van der Waals surface area contributed by atoms with Crippen LogP contribution in [0.3, 0.4) is 0 Å². The second-order valence-corrected chi connectivity index (χ2v) is 5.88. The van der Waals surface area contributed by atoms with Crippen molar-refractivity contribution in [3.8, 4) is 0 Å². The van der Waals surface area contributed by atoms with Crippen molar-refractivity contribution in [3.05, 3.63) is 0 Å². The van der Waals surface area contributed by atoms with Crippen LogP contribution in [-0.4, -0.2) is 40.2 Å². The molecule has 0 aliphatic heterocycles. The summed E-state index contributed by atoms with van der Waals surface area (Å²) in [6, 6.07) is 0. The van der Waals surface area contributed by atoms with E-state index in [9.17, 15) is 8.42 Å². The Balaban J connectivity index is 3.73. The average molecular weight is 223 g/mol. The largest absolute Gasteiger partial charge is 0.385 e. The zero-order valence-corrected chi connectivity index (χ0v) is 9.85. The number of nitrogens with two attached hydrogens (primary N) is 1. The van der Waals surface area contributed by atoms with Gasteiger partial charge in [0.05, 0.1) is 11.5 Å². The van der Waals surface area contributed by atoms with E-state index in [1.165, 1.54) is 0 Å². The smallest absolute Gasteiger partial charge is 0.150 e. The highest BCUT2D eigenvalue weighted by Crippen LogP contribution is 2.03. The van der Waals surface area contributed by atoms with E-state index < -0.39 is 9.84 Å². The van der Waals surface area contributed by atoms with Gasteiger partial charge in [-0.2, -0.15) is 0 Å². The molecule has 0 aliphatic carbocycles. The lowest BCUT2D eigenvalue weighted by atomic mass is 10.2. The summed E-state index contributed by atoms with van der Waals surface area (Å²) < 4.78 is 27.8. The summed E-state index contributed by atoms with van der Waals surface area (Å²) in [6.07, 6.45) is 1.47. The normalized spacial score (nSPS) is 14.2. The summed E-state index contributed by atoms with van der Waals surface area (Å²) >= 11 is 0. The lowest BCUT2D eigenvalue weighted by Gasteiger charge is -2.08. The molecule has 5 heteroatoms. The van der Waals surface area contributed by atoms with Gasteiger partial charge < -0.3 is 10.5 Å². The van der Waals surface area contributed by atoms with Crippen molar-refractivity contribution in [2.75, 3.05) is 31.8 Å². The molecule has 0 aromatic heterocycles. The molecule has 2 N–H and O–H groups in total. The predicted octanol–water partition coefficient (Wildman–Crippen LogP) is 0.423. The van der Waals surface area contributed by atoms with Crippen LogP contribution in [0.2, 0.25) is 0 Å². The number of sulfone groups is 1. The number of methoxy groups -OCH3 is 1. The lowest BCUT2D eigenvalue weighted by molar-refractivity contribution is 0.194. The van der Waals surface area contributed by atoms with Gasteiger partial charge in [-0.1, -0.05) is 6.92 Å². The summed E-state index contributed by atoms with van der Waals surface area (Å²) in [4.78, 5) is 0. The van der Waals surface area contributed by atoms with Crippen molar-refractivity contribution < 1.29 is 13.2 Å². The summed E-state index contributed by atoms with van der Waals surface area (Å²) in [5.41, 5.74) is 5.37. The van der Waals surface area contributed by atoms with Gasteiger partial charge in [0.25, 0.3) is 0 Å². The fraction of sp³-hybridized carbons (Fsp3) is 1.00. The standard InChI is InChI=1S/C9H21NO3S/c1-9(7-10)8-14(11,12)6-4-3-5-13-2/h9H,3-8,10H2,1-2H3. The lowest BCUT2D eigenvalue weighted by Crippen LogP contribution is -2.23. The number of hydrogen-bond acceptors (Lipinski definition) is 4. The summed E-state index contributed by atoms with van der Waals surface area (Å²) in [5, 5.41) is 0. The first kappa shape index (κ1) is 13.9. The molecule has 0 radical (unpaired) electrons. The second-order valence-electron chi connectivity index (χ2n) is 3.66. The molecule has 0 aromatic rings. The van der Waals surface area contributed by atoms with E-state index in [1.54, 1.807) is 7.11 Å². The van der Waals surface area contributed by atoms with Gasteiger partial charge in [0.15, 0.2) is 9.84 Å². The van der Waals surface area contributed by atoms with Crippen LogP contribution in [0.15, 0.2) is 0 Å². The first-order valence-corrected chi connectivity index (χ1v) is 6.73. The third-order valence-electron chi connectivity index (χ3n) is 1.99. The van der Waals surface area contributed by atoms with Gasteiger partial charge in [0.1, 0.15) is 0 Å². The Morgan fingerprint density at radius 1 is 1.36 bits per heavy atom. The Bertz CT molecular complexity index is 226. The molecule has 14 heavy (non-hydrogen) atoms. The van der Waals surface area contributed by atoms with Crippen LogP contribution in [0.5, 0.6) is 0 Å². The summed E-state index contributed by atoms with van der Waals surface area (Å²) in [7, 11) is -1.29. The third-order valence-corrected chi connectivity index (χ3v) is 3.98. The SMILES string of the molecule is COCCCCS(=O)(=O)CC(C)CN. The first-order chi connectivity index (χ1) is 6.52. The number of hydrogen-bond donors (Lipinski definition) is 1. The Labute approximate surface area is 86.7 Å². The minimum absolute atomic E-state index is 0.0578. The van der Waals surface area contributed by atoms with Crippen LogP contribution in [0.4, 0.5) is 0 Å². The Hall–Kier alpha value is -0.130. The van der Waals surface area contributed by atoms with Crippen LogP contribution in [0.1, 0.15) is 19.8 Å². The van der Waals surface area contributed by atoms with Crippen molar-refractivity contribution in [3.63, 3.8) is 0 Å². The van der Waals surface area contributed by atoms with Gasteiger partial charge in [0.2, 0.25) is 0 Å². The maximum Gasteiger partial charge on any atom is 0.150 e. The molecule has 0 heterocycles. The molecule has 1 unspecified atom stereocenters. The van der Waals surface area contributed by atoms with Gasteiger partial charge in [-0.05, 0) is 25.3 Å². The van der Waals surface area contributed by atoms with E-state index in [4.69, 9.17) is 10.5 Å². The van der Waals surface area contributed by atoms with E-state index in [0.29, 0.717) is 19.6 Å². The zero-order chi connectivity index (χ0) is 11.0. The van der Waals surface area contributed by atoms with Crippen LogP contribution in [0.25, 0.3) is 0 Å². The number of ether oxygens (including phenoxy) is 1. The molecule has 86 valence electrons. The highest BCUT2D eigenvalue weighted by molar-refractivity contribution is 7.91. The quantitative estimate of drug-likeness (QED) is 0.606. The van der Waals surface area contributed by atoms with Crippen LogP contribution in [-0.2, 0) is 14.6 Å². The Morgan fingerprint density at radius 3 is 2.50 bits per heavy atom. The zero-order valence-electron chi connectivity index (χ0n) is 9.03. The van der Waals surface area contributed by atoms with Crippen molar-refractivity contribution in [1.29, 1.82) is 0 Å². The van der Waals surface area contributed by atoms with E-state index in [-0.39, 0.29) is 17.4 Å². The number of unbranched alkanes of at least 4 members (excludes halogenated alkanes) is 1. The Kier molecular flexibility index (Phi) is 7.13. The second kappa shape index (κ2) is 7.20. The fourth-order valence-electron chi connectivity index (χ4n) is 1.15. The van der Waals surface area contributed by atoms with Gasteiger partial charge in [0, 0.05) is 13.7 Å². The van der Waals surface area contributed by atoms with Gasteiger partial charge >= 0.3 is 0 Å². The molecule has 0 rings (SSSR count). The monoisotopic (exact) mass is 223 g/mol. The van der Waals surface area contributed by atoms with E-state index in [1.807, 2.05) is 6.92 Å². The van der Waals surface area contributed by atoms with E-state index in [2.05, 4.69) is 0 Å². The Morgan fingerprint density at radius 2 is 2.00 bits per heavy atom. The maximum atomic E-state index is 11.5. The van der Waals surface area contributed by atoms with Gasteiger partial charge in [-0.15, -0.1) is 0 Å². The molecule has 0 spiro atoms. The highest BCUT2D eigenvalue weighted by Gasteiger charge is 2.14. The van der Waals surface area contributed by atoms with Crippen molar-refractivity contribution in [2.24, 2.45) is 11.7 Å². The first-order valence-electron chi connectivity index (χ1n) is 4.91. The van der Waals surface area contributed by atoms with Crippen molar-refractivity contribution in [1.82, 2.24) is 0 Å². The molecular formula is C9H21NO3S. The summed E-state index contributed by atoms with van der Waals surface area (Å²) in [6.45, 7) is 2.91. The molecule has 0 aromatic carbocycles. The third kappa shape index (κ3) is 7.29. The molecule has 0 saturated heterocycles. The van der Waals surface area contributed by atoms with Crippen molar-refractivity contribution in [2.45, 2.75) is 19.8 Å². The topological polar surface area (TPSA) is 69.4 Å². The van der Waals surface area contributed by atoms with Crippen LogP contribution < -0.4 is 5.73 Å². The fourth-order valence-corrected chi connectivity index (χ4v) is 2.97. The van der Waals surface area contributed by atoms with E-state index >= 15 is 0 Å². The van der Waals surface area contributed by atoms with E-state index in [0.717, 1.165) is 6.42 Å². The van der Waals surface area contributed by atoms with Gasteiger partial charge in [-0.3, -0.25) is 0 Å². The van der Waals surface area contributed by atoms with Gasteiger partial charge in [-0.25, -0.2) is 8.42 Å². The highest BCUT2D eigenvalue weighted by atomic mass is 32.2. The molecule has 0 aliphatic rings. The van der Waals surface area contributed by atoms with Crippen molar-refractivity contribution >= 4 is 9.84 Å². The molecular weight excluding hydrogens is 202 g/mol. The summed E-state index contributed by atoms with van der Waals surface area (Å²) in [5.74, 6) is 0.513. The minimum Gasteiger partial charge on any atom is -0.385 e. The average Bonchev–Trinajstić information content (AvgIpc) is 2.12.